The number of thiazole rings is 1. The fourth-order valence-electron chi connectivity index (χ4n) is 4.82. The summed E-state index contributed by atoms with van der Waals surface area (Å²) in [5.74, 6) is 1.31. The third kappa shape index (κ3) is 5.32. The highest BCUT2D eigenvalue weighted by Gasteiger charge is 2.32. The smallest absolute Gasteiger partial charge is 0.271 e. The lowest BCUT2D eigenvalue weighted by Gasteiger charge is -2.25. The molecule has 42 heavy (non-hydrogen) atoms. The van der Waals surface area contributed by atoms with Gasteiger partial charge >= 0.3 is 0 Å². The summed E-state index contributed by atoms with van der Waals surface area (Å²) in [5.41, 5.74) is 2.63. The Hall–Kier alpha value is -4.37. The molecular weight excluding hydrogens is 593 g/mol. The van der Waals surface area contributed by atoms with Crippen molar-refractivity contribution >= 4 is 52.2 Å². The largest absolute Gasteiger partial charge is 0.497 e. The van der Waals surface area contributed by atoms with Gasteiger partial charge in [0, 0.05) is 22.3 Å². The van der Waals surface area contributed by atoms with Gasteiger partial charge in [-0.15, -0.1) is 0 Å². The van der Waals surface area contributed by atoms with E-state index in [1.807, 2.05) is 30.3 Å². The molecule has 3 heterocycles. The summed E-state index contributed by atoms with van der Waals surface area (Å²) >= 11 is 13.7. The second kappa shape index (κ2) is 11.5. The molecule has 0 unspecified atom stereocenters. The number of hydrogen-bond donors (Lipinski definition) is 1. The average molecular weight is 617 g/mol. The normalized spacial score (nSPS) is 14.9. The van der Waals surface area contributed by atoms with Crippen LogP contribution in [0.5, 0.6) is 5.75 Å². The number of nitrogens with zero attached hydrogens (tertiary/aromatic N) is 2. The fourth-order valence-corrected chi connectivity index (χ4v) is 6.23. The molecule has 5 aromatic rings. The molecule has 0 saturated heterocycles. The van der Waals surface area contributed by atoms with Gasteiger partial charge in [0.05, 0.1) is 34.0 Å². The van der Waals surface area contributed by atoms with Crippen LogP contribution in [0.25, 0.3) is 17.4 Å². The number of ether oxygens (including phenoxy) is 1. The van der Waals surface area contributed by atoms with Crippen molar-refractivity contribution in [2.24, 2.45) is 4.99 Å². The highest BCUT2D eigenvalue weighted by molar-refractivity contribution is 7.07. The molecule has 1 aliphatic heterocycles. The summed E-state index contributed by atoms with van der Waals surface area (Å²) in [4.78, 5) is 32.8. The molecule has 3 aromatic carbocycles. The van der Waals surface area contributed by atoms with Crippen molar-refractivity contribution in [2.75, 3.05) is 12.4 Å². The molecule has 1 atom stereocenters. The number of fused-ring (bicyclic) bond motifs is 1. The second-order valence-corrected chi connectivity index (χ2v) is 11.4. The van der Waals surface area contributed by atoms with Crippen molar-refractivity contribution in [1.29, 1.82) is 0 Å². The number of aromatic nitrogens is 1. The van der Waals surface area contributed by atoms with Crippen LogP contribution in [0.15, 0.2) is 110 Å². The Balaban J connectivity index is 1.45. The summed E-state index contributed by atoms with van der Waals surface area (Å²) < 4.78 is 13.3. The summed E-state index contributed by atoms with van der Waals surface area (Å²) in [6, 6.07) is 24.4. The Morgan fingerprint density at radius 2 is 1.81 bits per heavy atom. The topological polar surface area (TPSA) is 85.8 Å². The van der Waals surface area contributed by atoms with Crippen LogP contribution in [0.3, 0.4) is 0 Å². The zero-order valence-electron chi connectivity index (χ0n) is 22.4. The standard InChI is InChI=1S/C32H23Cl2N3O4S/c1-18-28(30(38)36-21-6-4-3-5-7-21)29(19-8-11-22(40-2)12-9-19)37-31(39)27(42-32(37)35-18)17-23-13-15-26(41-23)24-16-20(33)10-14-25(24)34/h3-17,29H,1-2H3,(H,36,38)/b27-17+/t29-/m1/s1. The number of halogens is 2. The molecule has 0 spiro atoms. The molecular formula is C32H23Cl2N3O4S. The number of rotatable bonds is 6. The van der Waals surface area contributed by atoms with Gasteiger partial charge < -0.3 is 14.5 Å². The van der Waals surface area contributed by atoms with Gasteiger partial charge in [0.1, 0.15) is 17.3 Å². The average Bonchev–Trinajstić information content (AvgIpc) is 3.58. The molecule has 210 valence electrons. The van der Waals surface area contributed by atoms with E-state index in [4.69, 9.17) is 32.4 Å². The third-order valence-electron chi connectivity index (χ3n) is 6.82. The molecule has 0 aliphatic carbocycles. The van der Waals surface area contributed by atoms with Crippen LogP contribution < -0.4 is 24.9 Å². The first kappa shape index (κ1) is 27.8. The highest BCUT2D eigenvalue weighted by Crippen LogP contribution is 2.33. The summed E-state index contributed by atoms with van der Waals surface area (Å²) in [7, 11) is 1.58. The lowest BCUT2D eigenvalue weighted by Crippen LogP contribution is -2.40. The van der Waals surface area contributed by atoms with Crippen molar-refractivity contribution in [3.05, 3.63) is 137 Å². The summed E-state index contributed by atoms with van der Waals surface area (Å²) in [6.07, 6.45) is 1.67. The van der Waals surface area contributed by atoms with Gasteiger partial charge in [0.25, 0.3) is 11.5 Å². The van der Waals surface area contributed by atoms with Crippen LogP contribution in [-0.2, 0) is 4.79 Å². The Bertz CT molecular complexity index is 2030. The summed E-state index contributed by atoms with van der Waals surface area (Å²) in [6.45, 7) is 1.78. The van der Waals surface area contributed by atoms with E-state index in [0.29, 0.717) is 59.2 Å². The molecule has 10 heteroatoms. The first-order valence-corrected chi connectivity index (χ1v) is 14.5. The van der Waals surface area contributed by atoms with E-state index in [0.717, 1.165) is 5.56 Å². The predicted molar refractivity (Wildman–Crippen MR) is 166 cm³/mol. The zero-order valence-corrected chi connectivity index (χ0v) is 24.8. The minimum Gasteiger partial charge on any atom is -0.497 e. The fraction of sp³-hybridized carbons (Fsp3) is 0.0938. The number of carbonyl (C=O) groups excluding carboxylic acids is 1. The number of methoxy groups -OCH3 is 1. The van der Waals surface area contributed by atoms with Crippen LogP contribution in [0.2, 0.25) is 10.0 Å². The Morgan fingerprint density at radius 3 is 2.55 bits per heavy atom. The molecule has 0 saturated carbocycles. The Labute approximate surface area is 254 Å². The van der Waals surface area contributed by atoms with Gasteiger partial charge in [-0.2, -0.15) is 0 Å². The first-order chi connectivity index (χ1) is 20.3. The number of para-hydroxylation sites is 1. The molecule has 0 bridgehead atoms. The minimum absolute atomic E-state index is 0.296. The first-order valence-electron chi connectivity index (χ1n) is 12.9. The van der Waals surface area contributed by atoms with Gasteiger partial charge in [-0.3, -0.25) is 14.2 Å². The molecule has 1 aliphatic rings. The Morgan fingerprint density at radius 1 is 1.05 bits per heavy atom. The van der Waals surface area contributed by atoms with Crippen LogP contribution >= 0.6 is 34.5 Å². The monoisotopic (exact) mass is 615 g/mol. The second-order valence-electron chi connectivity index (χ2n) is 9.50. The van der Waals surface area contributed by atoms with Gasteiger partial charge in [-0.05, 0) is 67.1 Å². The quantitative estimate of drug-likeness (QED) is 0.238. The van der Waals surface area contributed by atoms with E-state index in [1.54, 1.807) is 79.3 Å². The predicted octanol–water partition coefficient (Wildman–Crippen LogP) is 6.45. The van der Waals surface area contributed by atoms with E-state index in [1.165, 1.54) is 11.3 Å². The van der Waals surface area contributed by atoms with Gasteiger partial charge in [-0.1, -0.05) is 64.9 Å². The number of anilines is 1. The van der Waals surface area contributed by atoms with Gasteiger partial charge in [0.15, 0.2) is 4.80 Å². The molecule has 6 rings (SSSR count). The van der Waals surface area contributed by atoms with E-state index >= 15 is 0 Å². The molecule has 7 nitrogen and oxygen atoms in total. The molecule has 1 amide bonds. The lowest BCUT2D eigenvalue weighted by molar-refractivity contribution is -0.113. The Kier molecular flexibility index (Phi) is 7.60. The zero-order chi connectivity index (χ0) is 29.4. The lowest BCUT2D eigenvalue weighted by atomic mass is 9.95. The van der Waals surface area contributed by atoms with E-state index in [-0.39, 0.29) is 11.5 Å². The maximum atomic E-state index is 14.0. The number of carbonyl (C=O) groups is 1. The highest BCUT2D eigenvalue weighted by atomic mass is 35.5. The van der Waals surface area contributed by atoms with Gasteiger partial charge in [-0.25, -0.2) is 4.99 Å². The maximum Gasteiger partial charge on any atom is 0.271 e. The van der Waals surface area contributed by atoms with Crippen molar-refractivity contribution < 1.29 is 13.9 Å². The summed E-state index contributed by atoms with van der Waals surface area (Å²) in [5, 5.41) is 3.98. The number of amides is 1. The van der Waals surface area contributed by atoms with Crippen molar-refractivity contribution in [3.63, 3.8) is 0 Å². The van der Waals surface area contributed by atoms with Gasteiger partial charge in [0.2, 0.25) is 0 Å². The molecule has 0 radical (unpaired) electrons. The van der Waals surface area contributed by atoms with Crippen LogP contribution in [-0.4, -0.2) is 17.6 Å². The van der Waals surface area contributed by atoms with Crippen molar-refractivity contribution in [1.82, 2.24) is 4.57 Å². The number of allylic oxidation sites excluding steroid dienone is 1. The number of hydrogen-bond acceptors (Lipinski definition) is 6. The number of nitrogens with one attached hydrogen (secondary N) is 1. The van der Waals surface area contributed by atoms with Crippen LogP contribution in [0, 0.1) is 0 Å². The molecule has 2 aromatic heterocycles. The third-order valence-corrected chi connectivity index (χ3v) is 8.37. The van der Waals surface area contributed by atoms with Crippen molar-refractivity contribution in [2.45, 2.75) is 13.0 Å². The number of benzene rings is 3. The molecule has 1 N–H and O–H groups in total. The van der Waals surface area contributed by atoms with E-state index in [2.05, 4.69) is 10.3 Å². The van der Waals surface area contributed by atoms with E-state index < -0.39 is 6.04 Å². The van der Waals surface area contributed by atoms with Crippen LogP contribution in [0.4, 0.5) is 5.69 Å². The minimum atomic E-state index is -0.713. The van der Waals surface area contributed by atoms with Crippen LogP contribution in [0.1, 0.15) is 24.3 Å². The van der Waals surface area contributed by atoms with Crippen molar-refractivity contribution in [3.8, 4) is 17.1 Å². The number of furan rings is 1. The van der Waals surface area contributed by atoms with E-state index in [9.17, 15) is 9.59 Å². The SMILES string of the molecule is COc1ccc([C@@H]2C(C(=O)Nc3ccccc3)=C(C)N=c3s/c(=C/c4ccc(-c5cc(Cl)ccc5Cl)o4)c(=O)n32)cc1. The maximum absolute atomic E-state index is 14.0. The molecule has 0 fully saturated rings.